The van der Waals surface area contributed by atoms with Gasteiger partial charge >= 0.3 is 0 Å². The summed E-state index contributed by atoms with van der Waals surface area (Å²) in [6.07, 6.45) is 2.57. The van der Waals surface area contributed by atoms with Gasteiger partial charge < -0.3 is 10.0 Å². The molecule has 4 nitrogen and oxygen atoms in total. The fourth-order valence-corrected chi connectivity index (χ4v) is 2.71. The molecule has 1 rings (SSSR count). The van der Waals surface area contributed by atoms with E-state index in [1.807, 2.05) is 0 Å². The Kier molecular flexibility index (Phi) is 4.09. The Hall–Kier alpha value is -0.460. The minimum absolute atomic E-state index is 0.0997. The first-order valence-electron chi connectivity index (χ1n) is 4.49. The largest absolute Gasteiger partial charge is 0.381 e. The lowest BCUT2D eigenvalue weighted by Crippen LogP contribution is -2.35. The zero-order valence-corrected chi connectivity index (χ0v) is 12.0. The van der Waals surface area contributed by atoms with Gasteiger partial charge in [0, 0.05) is 14.1 Å². The summed E-state index contributed by atoms with van der Waals surface area (Å²) in [4.78, 5) is 24.3. The number of ketones is 1. The van der Waals surface area contributed by atoms with Crippen LogP contribution in [0.15, 0.2) is 21.1 Å². The van der Waals surface area contributed by atoms with E-state index in [0.29, 0.717) is 0 Å². The lowest BCUT2D eigenvalue weighted by Gasteiger charge is -2.25. The van der Waals surface area contributed by atoms with E-state index >= 15 is 0 Å². The minimum Gasteiger partial charge on any atom is -0.381 e. The molecule has 0 saturated carbocycles. The zero-order chi connectivity index (χ0) is 12.5. The normalized spacial score (nSPS) is 18.9. The highest BCUT2D eigenvalue weighted by molar-refractivity contribution is 9.13. The molecule has 0 spiro atoms. The van der Waals surface area contributed by atoms with E-state index in [1.54, 1.807) is 14.1 Å². The van der Waals surface area contributed by atoms with E-state index in [9.17, 15) is 14.7 Å². The molecule has 0 heterocycles. The highest BCUT2D eigenvalue weighted by Crippen LogP contribution is 2.31. The maximum atomic E-state index is 11.5. The number of amides is 1. The Morgan fingerprint density at radius 3 is 2.19 bits per heavy atom. The van der Waals surface area contributed by atoms with Crippen molar-refractivity contribution in [1.82, 2.24) is 4.90 Å². The first-order chi connectivity index (χ1) is 7.25. The van der Waals surface area contributed by atoms with Crippen molar-refractivity contribution in [3.63, 3.8) is 0 Å². The van der Waals surface area contributed by atoms with Crippen LogP contribution in [0.1, 0.15) is 6.42 Å². The second-order valence-electron chi connectivity index (χ2n) is 3.77. The van der Waals surface area contributed by atoms with Crippen LogP contribution in [0.25, 0.3) is 0 Å². The number of rotatable bonds is 2. The van der Waals surface area contributed by atoms with E-state index < -0.39 is 5.60 Å². The summed E-state index contributed by atoms with van der Waals surface area (Å²) in [7, 11) is 3.22. The Balaban J connectivity index is 2.95. The van der Waals surface area contributed by atoms with Gasteiger partial charge in [0.25, 0.3) is 0 Å². The monoisotopic (exact) mass is 351 g/mol. The number of halogens is 2. The fourth-order valence-electron chi connectivity index (χ4n) is 1.23. The average molecular weight is 353 g/mol. The summed E-state index contributed by atoms with van der Waals surface area (Å²) >= 11 is 6.10. The maximum absolute atomic E-state index is 11.5. The highest BCUT2D eigenvalue weighted by Gasteiger charge is 2.32. The molecule has 0 aromatic carbocycles. The quantitative estimate of drug-likeness (QED) is 0.815. The van der Waals surface area contributed by atoms with Crippen LogP contribution >= 0.6 is 31.9 Å². The predicted octanol–water partition coefficient (Wildman–Crippen LogP) is 1.34. The molecule has 1 aliphatic rings. The van der Waals surface area contributed by atoms with Crippen LogP contribution in [0, 0.1) is 0 Å². The number of Topliss-reactive ketones (excluding diaryl/α,β-unsaturated/α-hetero) is 1. The third kappa shape index (κ3) is 3.02. The first-order valence-corrected chi connectivity index (χ1v) is 6.08. The topological polar surface area (TPSA) is 57.6 Å². The van der Waals surface area contributed by atoms with Gasteiger partial charge in [-0.1, -0.05) is 0 Å². The number of carbonyl (C=O) groups excluding carboxylic acids is 2. The van der Waals surface area contributed by atoms with Gasteiger partial charge in [-0.2, -0.15) is 0 Å². The van der Waals surface area contributed by atoms with Crippen LogP contribution in [-0.2, 0) is 9.59 Å². The standard InChI is InChI=1S/C10H11Br2NO3/c1-13(2)8(14)5-10(16)3-6(11)9(15)7(12)4-10/h3-4,16H,5H2,1-2H3. The highest BCUT2D eigenvalue weighted by atomic mass is 79.9. The van der Waals surface area contributed by atoms with Gasteiger partial charge in [-0.25, -0.2) is 0 Å². The lowest BCUT2D eigenvalue weighted by molar-refractivity contribution is -0.131. The number of hydrogen-bond donors (Lipinski definition) is 1. The third-order valence-corrected chi connectivity index (χ3v) is 3.30. The van der Waals surface area contributed by atoms with Crippen molar-refractivity contribution in [2.24, 2.45) is 0 Å². The van der Waals surface area contributed by atoms with Gasteiger partial charge in [0.15, 0.2) is 0 Å². The Morgan fingerprint density at radius 2 is 1.81 bits per heavy atom. The molecule has 0 aromatic rings. The SMILES string of the molecule is CN(C)C(=O)CC1(O)C=C(Br)C(=O)C(Br)=C1. The Morgan fingerprint density at radius 1 is 1.38 bits per heavy atom. The van der Waals surface area contributed by atoms with Crippen LogP contribution in [0.5, 0.6) is 0 Å². The average Bonchev–Trinajstić information content (AvgIpc) is 2.13. The zero-order valence-electron chi connectivity index (χ0n) is 8.83. The van der Waals surface area contributed by atoms with E-state index in [-0.39, 0.29) is 27.1 Å². The van der Waals surface area contributed by atoms with E-state index in [4.69, 9.17) is 0 Å². The number of allylic oxidation sites excluding steroid dienone is 2. The molecule has 1 N–H and O–H groups in total. The van der Waals surface area contributed by atoms with Gasteiger partial charge in [-0.15, -0.1) is 0 Å². The lowest BCUT2D eigenvalue weighted by atomic mass is 9.93. The van der Waals surface area contributed by atoms with Gasteiger partial charge in [-0.3, -0.25) is 9.59 Å². The first kappa shape index (κ1) is 13.6. The van der Waals surface area contributed by atoms with Crippen molar-refractivity contribution in [2.75, 3.05) is 14.1 Å². The molecule has 0 atom stereocenters. The molecule has 88 valence electrons. The molecule has 0 bridgehead atoms. The molecule has 0 radical (unpaired) electrons. The number of aliphatic hydroxyl groups is 1. The van der Waals surface area contributed by atoms with Crippen LogP contribution in [-0.4, -0.2) is 41.4 Å². The Bertz CT molecular complexity index is 377. The molecule has 0 unspecified atom stereocenters. The van der Waals surface area contributed by atoms with Crippen molar-refractivity contribution >= 4 is 43.6 Å². The van der Waals surface area contributed by atoms with Crippen LogP contribution < -0.4 is 0 Å². The van der Waals surface area contributed by atoms with Gasteiger partial charge in [0.1, 0.15) is 5.60 Å². The molecule has 6 heteroatoms. The van der Waals surface area contributed by atoms with Gasteiger partial charge in [0.2, 0.25) is 11.7 Å². The second-order valence-corrected chi connectivity index (χ2v) is 5.48. The fraction of sp³-hybridized carbons (Fsp3) is 0.400. The summed E-state index contributed by atoms with van der Waals surface area (Å²) in [6, 6.07) is 0. The molecule has 0 aromatic heterocycles. The number of nitrogens with zero attached hydrogens (tertiary/aromatic N) is 1. The number of carbonyl (C=O) groups is 2. The van der Waals surface area contributed by atoms with Crippen molar-refractivity contribution < 1.29 is 14.7 Å². The Labute approximate surface area is 110 Å². The second kappa shape index (κ2) is 4.81. The van der Waals surface area contributed by atoms with Crippen LogP contribution in [0.2, 0.25) is 0 Å². The maximum Gasteiger partial charge on any atom is 0.225 e. The molecule has 1 amide bonds. The predicted molar refractivity (Wildman–Crippen MR) is 67.3 cm³/mol. The molecular weight excluding hydrogens is 342 g/mol. The third-order valence-electron chi connectivity index (χ3n) is 2.12. The molecule has 16 heavy (non-hydrogen) atoms. The minimum atomic E-state index is -1.42. The molecule has 1 aliphatic carbocycles. The van der Waals surface area contributed by atoms with Gasteiger partial charge in [0.05, 0.1) is 15.4 Å². The molecule has 0 saturated heterocycles. The summed E-state index contributed by atoms with van der Waals surface area (Å²) < 4.78 is 0.492. The summed E-state index contributed by atoms with van der Waals surface area (Å²) in [5, 5.41) is 10.1. The van der Waals surface area contributed by atoms with Crippen molar-refractivity contribution in [3.05, 3.63) is 21.1 Å². The van der Waals surface area contributed by atoms with Crippen molar-refractivity contribution in [2.45, 2.75) is 12.0 Å². The van der Waals surface area contributed by atoms with Gasteiger partial charge in [-0.05, 0) is 44.0 Å². The summed E-state index contributed by atoms with van der Waals surface area (Å²) in [5.41, 5.74) is -1.42. The molecule has 0 fully saturated rings. The van der Waals surface area contributed by atoms with E-state index in [1.165, 1.54) is 17.1 Å². The van der Waals surface area contributed by atoms with Crippen molar-refractivity contribution in [1.29, 1.82) is 0 Å². The summed E-state index contributed by atoms with van der Waals surface area (Å²) in [6.45, 7) is 0. The smallest absolute Gasteiger partial charge is 0.225 e. The van der Waals surface area contributed by atoms with Crippen LogP contribution in [0.3, 0.4) is 0 Å². The van der Waals surface area contributed by atoms with E-state index in [0.717, 1.165) is 0 Å². The molecular formula is C10H11Br2NO3. The van der Waals surface area contributed by atoms with E-state index in [2.05, 4.69) is 31.9 Å². The number of hydrogen-bond acceptors (Lipinski definition) is 3. The van der Waals surface area contributed by atoms with Crippen LogP contribution in [0.4, 0.5) is 0 Å². The summed E-state index contributed by atoms with van der Waals surface area (Å²) in [5.74, 6) is -0.466. The molecule has 0 aliphatic heterocycles. The van der Waals surface area contributed by atoms with Crippen molar-refractivity contribution in [3.8, 4) is 0 Å².